The first-order chi connectivity index (χ1) is 4.61. The highest BCUT2D eigenvalue weighted by Crippen LogP contribution is 2.26. The maximum atomic E-state index is 5.68. The highest BCUT2D eigenvalue weighted by molar-refractivity contribution is 9.12. The SMILES string of the molecule is NC1=C(Br)CN(Cl)C=C1Br. The van der Waals surface area contributed by atoms with Crippen molar-refractivity contribution in [1.82, 2.24) is 4.42 Å². The van der Waals surface area contributed by atoms with Crippen LogP contribution in [0.5, 0.6) is 0 Å². The van der Waals surface area contributed by atoms with E-state index in [-0.39, 0.29) is 0 Å². The number of allylic oxidation sites excluding steroid dienone is 1. The zero-order chi connectivity index (χ0) is 7.72. The first-order valence-electron chi connectivity index (χ1n) is 2.55. The first-order valence-corrected chi connectivity index (χ1v) is 4.48. The van der Waals surface area contributed by atoms with Gasteiger partial charge < -0.3 is 5.73 Å². The van der Waals surface area contributed by atoms with Crippen LogP contribution in [-0.2, 0) is 0 Å². The molecule has 0 atom stereocenters. The van der Waals surface area contributed by atoms with E-state index in [1.807, 2.05) is 0 Å². The lowest BCUT2D eigenvalue weighted by Gasteiger charge is -2.18. The van der Waals surface area contributed by atoms with Crippen LogP contribution in [0.15, 0.2) is 20.9 Å². The van der Waals surface area contributed by atoms with Crippen LogP contribution in [0, 0.1) is 0 Å². The van der Waals surface area contributed by atoms with Crippen molar-refractivity contribution >= 4 is 43.6 Å². The van der Waals surface area contributed by atoms with Gasteiger partial charge in [0.1, 0.15) is 0 Å². The second kappa shape index (κ2) is 3.15. The summed E-state index contributed by atoms with van der Waals surface area (Å²) in [6.07, 6.45) is 1.72. The molecule has 1 rings (SSSR count). The van der Waals surface area contributed by atoms with E-state index in [4.69, 9.17) is 17.5 Å². The Bertz CT molecular complexity index is 212. The second-order valence-corrected chi connectivity index (χ2v) is 4.10. The Balaban J connectivity index is 2.90. The fraction of sp³-hybridized carbons (Fsp3) is 0.200. The zero-order valence-corrected chi connectivity index (χ0v) is 8.87. The van der Waals surface area contributed by atoms with E-state index in [0.717, 1.165) is 8.96 Å². The lowest BCUT2D eigenvalue weighted by Crippen LogP contribution is -2.16. The summed E-state index contributed by atoms with van der Waals surface area (Å²) in [6, 6.07) is 0. The third-order valence-electron chi connectivity index (χ3n) is 1.09. The van der Waals surface area contributed by atoms with Crippen molar-refractivity contribution in [3.05, 3.63) is 20.9 Å². The van der Waals surface area contributed by atoms with Gasteiger partial charge in [-0.15, -0.1) is 0 Å². The topological polar surface area (TPSA) is 29.3 Å². The molecule has 0 saturated heterocycles. The Morgan fingerprint density at radius 2 is 2.20 bits per heavy atom. The normalized spacial score (nSPS) is 19.5. The predicted octanol–water partition coefficient (Wildman–Crippen LogP) is 2.26. The highest BCUT2D eigenvalue weighted by atomic mass is 79.9. The van der Waals surface area contributed by atoms with Crippen LogP contribution < -0.4 is 5.73 Å². The Hall–Kier alpha value is 0.330. The van der Waals surface area contributed by atoms with Gasteiger partial charge >= 0.3 is 0 Å². The van der Waals surface area contributed by atoms with Crippen molar-refractivity contribution in [2.75, 3.05) is 6.54 Å². The highest BCUT2D eigenvalue weighted by Gasteiger charge is 2.12. The Labute approximate surface area is 81.1 Å². The van der Waals surface area contributed by atoms with E-state index in [9.17, 15) is 0 Å². The van der Waals surface area contributed by atoms with Crippen molar-refractivity contribution in [3.8, 4) is 0 Å². The molecular weight excluding hydrogens is 283 g/mol. The van der Waals surface area contributed by atoms with Gasteiger partial charge in [-0.05, 0) is 15.9 Å². The number of hydrogen-bond donors (Lipinski definition) is 1. The van der Waals surface area contributed by atoms with Crippen molar-refractivity contribution in [2.24, 2.45) is 5.73 Å². The molecule has 5 heteroatoms. The molecule has 10 heavy (non-hydrogen) atoms. The van der Waals surface area contributed by atoms with Gasteiger partial charge in [0.05, 0.1) is 16.7 Å². The average Bonchev–Trinajstić information content (AvgIpc) is 1.82. The maximum Gasteiger partial charge on any atom is 0.0679 e. The van der Waals surface area contributed by atoms with Crippen molar-refractivity contribution in [2.45, 2.75) is 0 Å². The Morgan fingerprint density at radius 1 is 1.60 bits per heavy atom. The molecule has 2 nitrogen and oxygen atoms in total. The Kier molecular flexibility index (Phi) is 2.66. The minimum Gasteiger partial charge on any atom is -0.397 e. The molecule has 0 aromatic rings. The molecule has 56 valence electrons. The van der Waals surface area contributed by atoms with Crippen LogP contribution in [0.2, 0.25) is 0 Å². The number of halogens is 3. The van der Waals surface area contributed by atoms with Crippen LogP contribution in [0.25, 0.3) is 0 Å². The molecule has 0 aliphatic carbocycles. The molecule has 0 bridgehead atoms. The lowest BCUT2D eigenvalue weighted by molar-refractivity contribution is 0.658. The van der Waals surface area contributed by atoms with Gasteiger partial charge in [0, 0.05) is 22.5 Å². The molecule has 1 aliphatic rings. The van der Waals surface area contributed by atoms with Gasteiger partial charge in [-0.2, -0.15) is 0 Å². The summed E-state index contributed by atoms with van der Waals surface area (Å²) in [5, 5.41) is 0. The molecule has 0 radical (unpaired) electrons. The molecule has 0 amide bonds. The number of rotatable bonds is 0. The third-order valence-corrected chi connectivity index (χ3v) is 2.62. The van der Waals surface area contributed by atoms with E-state index in [1.165, 1.54) is 4.42 Å². The number of nitrogens with two attached hydrogens (primary N) is 1. The maximum absolute atomic E-state index is 5.68. The van der Waals surface area contributed by atoms with Gasteiger partial charge in [-0.1, -0.05) is 15.9 Å². The number of nitrogens with zero attached hydrogens (tertiary/aromatic N) is 1. The molecule has 0 spiro atoms. The monoisotopic (exact) mass is 286 g/mol. The molecule has 0 saturated carbocycles. The third kappa shape index (κ3) is 1.68. The summed E-state index contributed by atoms with van der Waals surface area (Å²) < 4.78 is 3.22. The minimum atomic E-state index is 0.614. The molecular formula is C5H5Br2ClN2. The van der Waals surface area contributed by atoms with Gasteiger partial charge in [0.2, 0.25) is 0 Å². The van der Waals surface area contributed by atoms with Crippen LogP contribution in [-0.4, -0.2) is 11.0 Å². The fourth-order valence-corrected chi connectivity index (χ4v) is 2.30. The first kappa shape index (κ1) is 8.43. The van der Waals surface area contributed by atoms with Crippen LogP contribution >= 0.6 is 43.6 Å². The van der Waals surface area contributed by atoms with Crippen molar-refractivity contribution < 1.29 is 0 Å². The minimum absolute atomic E-state index is 0.614. The number of hydrogen-bond acceptors (Lipinski definition) is 2. The predicted molar refractivity (Wildman–Crippen MR) is 49.7 cm³/mol. The summed E-state index contributed by atoms with van der Waals surface area (Å²) in [5.74, 6) is 0. The molecule has 1 aliphatic heterocycles. The molecule has 0 aromatic carbocycles. The molecule has 2 N–H and O–H groups in total. The van der Waals surface area contributed by atoms with Crippen molar-refractivity contribution in [3.63, 3.8) is 0 Å². The zero-order valence-electron chi connectivity index (χ0n) is 4.94. The average molecular weight is 288 g/mol. The van der Waals surface area contributed by atoms with E-state index >= 15 is 0 Å². The van der Waals surface area contributed by atoms with Crippen molar-refractivity contribution in [1.29, 1.82) is 0 Å². The van der Waals surface area contributed by atoms with Gasteiger partial charge in [-0.25, -0.2) is 0 Å². The van der Waals surface area contributed by atoms with Gasteiger partial charge in [0.25, 0.3) is 0 Å². The van der Waals surface area contributed by atoms with Gasteiger partial charge in [0.15, 0.2) is 0 Å². The molecule has 0 aromatic heterocycles. The smallest absolute Gasteiger partial charge is 0.0679 e. The fourth-order valence-electron chi connectivity index (χ4n) is 0.586. The standard InChI is InChI=1S/C5H5Br2ClN2/c6-3-1-10(8)2-4(7)5(3)9/h1H,2,9H2. The summed E-state index contributed by atoms with van der Waals surface area (Å²) in [5.41, 5.74) is 6.32. The van der Waals surface area contributed by atoms with E-state index < -0.39 is 0 Å². The van der Waals surface area contributed by atoms with Crippen LogP contribution in [0.3, 0.4) is 0 Å². The van der Waals surface area contributed by atoms with Crippen LogP contribution in [0.1, 0.15) is 0 Å². The lowest BCUT2D eigenvalue weighted by atomic mass is 10.3. The largest absolute Gasteiger partial charge is 0.397 e. The second-order valence-electron chi connectivity index (χ2n) is 1.85. The summed E-state index contributed by atoms with van der Waals surface area (Å²) in [4.78, 5) is 0. The summed E-state index contributed by atoms with van der Waals surface area (Å²) >= 11 is 12.2. The molecule has 0 fully saturated rings. The summed E-state index contributed by atoms with van der Waals surface area (Å²) in [6.45, 7) is 0.614. The molecule has 1 heterocycles. The molecule has 0 unspecified atom stereocenters. The van der Waals surface area contributed by atoms with Gasteiger partial charge in [-0.3, -0.25) is 4.42 Å². The quantitative estimate of drug-likeness (QED) is 0.693. The summed E-state index contributed by atoms with van der Waals surface area (Å²) in [7, 11) is 0. The van der Waals surface area contributed by atoms with E-state index in [2.05, 4.69) is 31.9 Å². The van der Waals surface area contributed by atoms with Crippen LogP contribution in [0.4, 0.5) is 0 Å². The van der Waals surface area contributed by atoms with E-state index in [1.54, 1.807) is 6.20 Å². The van der Waals surface area contributed by atoms with E-state index in [0.29, 0.717) is 12.2 Å². The Morgan fingerprint density at radius 3 is 2.70 bits per heavy atom.